The summed E-state index contributed by atoms with van der Waals surface area (Å²) in [5, 5.41) is 5.85. The Balaban J connectivity index is 3.11. The Bertz CT molecular complexity index is 640. The number of nitrogens with zero attached hydrogens (tertiary/aromatic N) is 1. The Morgan fingerprint density at radius 2 is 1.87 bits per heavy atom. The van der Waals surface area contributed by atoms with Crippen molar-refractivity contribution >= 4 is 15.9 Å². The lowest BCUT2D eigenvalue weighted by Gasteiger charge is -2.19. The van der Waals surface area contributed by atoms with Gasteiger partial charge in [0.2, 0.25) is 10.0 Å². The zero-order chi connectivity index (χ0) is 17.6. The van der Waals surface area contributed by atoms with Crippen LogP contribution in [-0.2, 0) is 10.0 Å². The van der Waals surface area contributed by atoms with E-state index in [-0.39, 0.29) is 16.8 Å². The molecule has 1 rings (SSSR count). The SMILES string of the molecule is CCN(CC)S(=O)(=O)c1ccc(C)c(C(=O)NCC(C)NC)c1. The maximum atomic E-state index is 12.6. The van der Waals surface area contributed by atoms with Gasteiger partial charge in [0.1, 0.15) is 0 Å². The molecule has 1 amide bonds. The fourth-order valence-corrected chi connectivity index (χ4v) is 3.65. The van der Waals surface area contributed by atoms with Gasteiger partial charge in [0.15, 0.2) is 0 Å². The highest BCUT2D eigenvalue weighted by atomic mass is 32.2. The van der Waals surface area contributed by atoms with Crippen molar-refractivity contribution in [1.82, 2.24) is 14.9 Å². The second-order valence-corrected chi connectivity index (χ2v) is 7.40. The number of sulfonamides is 1. The molecule has 1 atom stereocenters. The number of hydrogen-bond donors (Lipinski definition) is 2. The van der Waals surface area contributed by atoms with Crippen LogP contribution >= 0.6 is 0 Å². The smallest absolute Gasteiger partial charge is 0.251 e. The van der Waals surface area contributed by atoms with Gasteiger partial charge in [-0.1, -0.05) is 19.9 Å². The number of benzene rings is 1. The van der Waals surface area contributed by atoms with Gasteiger partial charge in [-0.05, 0) is 38.6 Å². The number of carbonyl (C=O) groups excluding carboxylic acids is 1. The third-order valence-electron chi connectivity index (χ3n) is 3.86. The molecule has 0 aliphatic rings. The summed E-state index contributed by atoms with van der Waals surface area (Å²) in [4.78, 5) is 12.5. The molecule has 0 heterocycles. The van der Waals surface area contributed by atoms with E-state index in [0.29, 0.717) is 25.2 Å². The summed E-state index contributed by atoms with van der Waals surface area (Å²) in [5.74, 6) is -0.263. The summed E-state index contributed by atoms with van der Waals surface area (Å²) in [6, 6.07) is 4.83. The maximum Gasteiger partial charge on any atom is 0.251 e. The van der Waals surface area contributed by atoms with Gasteiger partial charge in [0.05, 0.1) is 4.90 Å². The predicted octanol–water partition coefficient (Wildman–Crippen LogP) is 1.36. The topological polar surface area (TPSA) is 78.5 Å². The molecule has 0 fully saturated rings. The molecule has 23 heavy (non-hydrogen) atoms. The number of aryl methyl sites for hydroxylation is 1. The highest BCUT2D eigenvalue weighted by molar-refractivity contribution is 7.89. The Hall–Kier alpha value is -1.44. The van der Waals surface area contributed by atoms with Crippen molar-refractivity contribution in [2.45, 2.75) is 38.6 Å². The van der Waals surface area contributed by atoms with Crippen LogP contribution in [0.4, 0.5) is 0 Å². The second kappa shape index (κ2) is 8.42. The van der Waals surface area contributed by atoms with E-state index in [1.54, 1.807) is 32.9 Å². The molecule has 0 saturated carbocycles. The third-order valence-corrected chi connectivity index (χ3v) is 5.90. The maximum absolute atomic E-state index is 12.6. The van der Waals surface area contributed by atoms with E-state index in [0.717, 1.165) is 5.56 Å². The fraction of sp³-hybridized carbons (Fsp3) is 0.562. The summed E-state index contributed by atoms with van der Waals surface area (Å²) in [6.07, 6.45) is 0. The van der Waals surface area contributed by atoms with Crippen LogP contribution in [0.5, 0.6) is 0 Å². The van der Waals surface area contributed by atoms with Crippen LogP contribution in [0.1, 0.15) is 36.7 Å². The molecule has 0 radical (unpaired) electrons. The van der Waals surface area contributed by atoms with Gasteiger partial charge in [0.25, 0.3) is 5.91 Å². The first-order valence-corrected chi connectivity index (χ1v) is 9.28. The fourth-order valence-electron chi connectivity index (χ4n) is 2.16. The molecule has 1 aromatic rings. The van der Waals surface area contributed by atoms with Crippen LogP contribution < -0.4 is 10.6 Å². The summed E-state index contributed by atoms with van der Waals surface area (Å²) >= 11 is 0. The van der Waals surface area contributed by atoms with Gasteiger partial charge in [-0.25, -0.2) is 8.42 Å². The summed E-state index contributed by atoms with van der Waals surface area (Å²) in [5.41, 5.74) is 1.14. The third kappa shape index (κ3) is 4.76. The predicted molar refractivity (Wildman–Crippen MR) is 92.1 cm³/mol. The van der Waals surface area contributed by atoms with E-state index < -0.39 is 10.0 Å². The summed E-state index contributed by atoms with van der Waals surface area (Å²) < 4.78 is 26.5. The molecule has 0 aliphatic heterocycles. The number of nitrogens with one attached hydrogen (secondary N) is 2. The van der Waals surface area contributed by atoms with Crippen molar-refractivity contribution < 1.29 is 13.2 Å². The number of hydrogen-bond acceptors (Lipinski definition) is 4. The molecule has 1 unspecified atom stereocenters. The van der Waals surface area contributed by atoms with Crippen LogP contribution in [-0.4, -0.2) is 51.4 Å². The number of amides is 1. The second-order valence-electron chi connectivity index (χ2n) is 5.47. The monoisotopic (exact) mass is 341 g/mol. The minimum Gasteiger partial charge on any atom is -0.350 e. The molecular formula is C16H27N3O3S. The lowest BCUT2D eigenvalue weighted by Crippen LogP contribution is -2.37. The number of carbonyl (C=O) groups is 1. The van der Waals surface area contributed by atoms with Gasteiger partial charge in [-0.15, -0.1) is 0 Å². The lowest BCUT2D eigenvalue weighted by molar-refractivity contribution is 0.0949. The van der Waals surface area contributed by atoms with Crippen molar-refractivity contribution in [3.8, 4) is 0 Å². The van der Waals surface area contributed by atoms with E-state index in [1.165, 1.54) is 10.4 Å². The quantitative estimate of drug-likeness (QED) is 0.748. The van der Waals surface area contributed by atoms with Gasteiger partial charge >= 0.3 is 0 Å². The van der Waals surface area contributed by atoms with Crippen molar-refractivity contribution in [3.05, 3.63) is 29.3 Å². The standard InChI is InChI=1S/C16H27N3O3S/c1-6-19(7-2)23(21,22)14-9-8-12(3)15(10-14)16(20)18-11-13(4)17-5/h8-10,13,17H,6-7,11H2,1-5H3,(H,18,20). The highest BCUT2D eigenvalue weighted by Crippen LogP contribution is 2.19. The molecule has 6 nitrogen and oxygen atoms in total. The Morgan fingerprint density at radius 1 is 1.26 bits per heavy atom. The Morgan fingerprint density at radius 3 is 2.39 bits per heavy atom. The Labute approximate surface area is 139 Å². The van der Waals surface area contributed by atoms with Gasteiger partial charge < -0.3 is 10.6 Å². The van der Waals surface area contributed by atoms with Crippen LogP contribution in [0.3, 0.4) is 0 Å². The van der Waals surface area contributed by atoms with E-state index in [2.05, 4.69) is 10.6 Å². The Kier molecular flexibility index (Phi) is 7.18. The highest BCUT2D eigenvalue weighted by Gasteiger charge is 2.23. The first-order valence-electron chi connectivity index (χ1n) is 7.84. The molecule has 2 N–H and O–H groups in total. The molecule has 1 aromatic carbocycles. The minimum atomic E-state index is -3.57. The van der Waals surface area contributed by atoms with Gasteiger partial charge in [0, 0.05) is 31.2 Å². The molecule has 7 heteroatoms. The summed E-state index contributed by atoms with van der Waals surface area (Å²) in [7, 11) is -1.75. The molecule has 0 saturated heterocycles. The van der Waals surface area contributed by atoms with Crippen LogP contribution in [0.25, 0.3) is 0 Å². The molecule has 0 aromatic heterocycles. The molecule has 0 bridgehead atoms. The van der Waals surface area contributed by atoms with E-state index in [4.69, 9.17) is 0 Å². The minimum absolute atomic E-state index is 0.141. The summed E-state index contributed by atoms with van der Waals surface area (Å²) in [6.45, 7) is 8.60. The van der Waals surface area contributed by atoms with E-state index in [9.17, 15) is 13.2 Å². The first-order chi connectivity index (χ1) is 10.8. The van der Waals surface area contributed by atoms with E-state index >= 15 is 0 Å². The largest absolute Gasteiger partial charge is 0.350 e. The van der Waals surface area contributed by atoms with Crippen LogP contribution in [0.15, 0.2) is 23.1 Å². The van der Waals surface area contributed by atoms with Crippen LogP contribution in [0.2, 0.25) is 0 Å². The van der Waals surface area contributed by atoms with Crippen molar-refractivity contribution in [2.24, 2.45) is 0 Å². The molecule has 0 aliphatic carbocycles. The zero-order valence-corrected chi connectivity index (χ0v) is 15.3. The molecule has 0 spiro atoms. The van der Waals surface area contributed by atoms with Crippen LogP contribution in [0, 0.1) is 6.92 Å². The van der Waals surface area contributed by atoms with Crippen molar-refractivity contribution in [2.75, 3.05) is 26.7 Å². The first kappa shape index (κ1) is 19.6. The van der Waals surface area contributed by atoms with Crippen molar-refractivity contribution in [1.29, 1.82) is 0 Å². The normalized spacial score (nSPS) is 13.1. The molecular weight excluding hydrogens is 314 g/mol. The van der Waals surface area contributed by atoms with E-state index in [1.807, 2.05) is 14.0 Å². The average molecular weight is 341 g/mol. The molecule has 130 valence electrons. The van der Waals surface area contributed by atoms with Gasteiger partial charge in [-0.3, -0.25) is 4.79 Å². The number of rotatable bonds is 8. The lowest BCUT2D eigenvalue weighted by atomic mass is 10.1. The average Bonchev–Trinajstić information content (AvgIpc) is 2.53. The van der Waals surface area contributed by atoms with Crippen molar-refractivity contribution in [3.63, 3.8) is 0 Å². The number of likely N-dealkylation sites (N-methyl/N-ethyl adjacent to an activating group) is 1. The van der Waals surface area contributed by atoms with Gasteiger partial charge in [-0.2, -0.15) is 4.31 Å². The zero-order valence-electron chi connectivity index (χ0n) is 14.5.